The molecule has 2 nitrogen and oxygen atoms in total. The lowest BCUT2D eigenvalue weighted by Gasteiger charge is -2.35. The lowest BCUT2D eigenvalue weighted by molar-refractivity contribution is 0.441. The third kappa shape index (κ3) is 2.23. The molecule has 4 heteroatoms. The van der Waals surface area contributed by atoms with Crippen LogP contribution in [-0.2, 0) is 0 Å². The Labute approximate surface area is 94.1 Å². The molecule has 2 rings (SSSR count). The summed E-state index contributed by atoms with van der Waals surface area (Å²) in [5.74, 6) is 0.240. The van der Waals surface area contributed by atoms with Crippen LogP contribution in [0.5, 0.6) is 0 Å². The van der Waals surface area contributed by atoms with Crippen LogP contribution < -0.4 is 4.90 Å². The van der Waals surface area contributed by atoms with Crippen molar-refractivity contribution in [2.45, 2.75) is 18.7 Å². The monoisotopic (exact) mass is 228 g/mol. The van der Waals surface area contributed by atoms with E-state index in [-0.39, 0.29) is 11.2 Å². The Bertz CT molecular complexity index is 345. The predicted molar refractivity (Wildman–Crippen MR) is 59.8 cm³/mol. The SMILES string of the molecule is CC1CCN(c2ccncc2F)CC1Cl. The fraction of sp³-hybridized carbons (Fsp3) is 0.545. The number of aromatic nitrogens is 1. The van der Waals surface area contributed by atoms with Crippen LogP contribution in [0.15, 0.2) is 18.5 Å². The van der Waals surface area contributed by atoms with Crippen molar-refractivity contribution in [1.82, 2.24) is 4.98 Å². The van der Waals surface area contributed by atoms with E-state index in [2.05, 4.69) is 11.9 Å². The van der Waals surface area contributed by atoms with Gasteiger partial charge in [-0.1, -0.05) is 6.92 Å². The fourth-order valence-corrected chi connectivity index (χ4v) is 2.16. The van der Waals surface area contributed by atoms with E-state index in [4.69, 9.17) is 11.6 Å². The maximum absolute atomic E-state index is 13.5. The second-order valence-corrected chi connectivity index (χ2v) is 4.62. The zero-order valence-electron chi connectivity index (χ0n) is 8.66. The van der Waals surface area contributed by atoms with E-state index in [1.165, 1.54) is 6.20 Å². The molecular weight excluding hydrogens is 215 g/mol. The molecule has 0 amide bonds. The Balaban J connectivity index is 2.15. The highest BCUT2D eigenvalue weighted by Gasteiger charge is 2.25. The number of piperidine rings is 1. The van der Waals surface area contributed by atoms with E-state index < -0.39 is 0 Å². The van der Waals surface area contributed by atoms with Crippen LogP contribution in [0.4, 0.5) is 10.1 Å². The van der Waals surface area contributed by atoms with Gasteiger partial charge in [0.25, 0.3) is 0 Å². The maximum Gasteiger partial charge on any atom is 0.164 e. The normalized spacial score (nSPS) is 26.7. The molecule has 1 aromatic heterocycles. The van der Waals surface area contributed by atoms with Crippen LogP contribution in [0, 0.1) is 11.7 Å². The third-order valence-electron chi connectivity index (χ3n) is 2.96. The second-order valence-electron chi connectivity index (χ2n) is 4.06. The first-order valence-electron chi connectivity index (χ1n) is 5.17. The van der Waals surface area contributed by atoms with Crippen LogP contribution in [0.25, 0.3) is 0 Å². The van der Waals surface area contributed by atoms with Gasteiger partial charge < -0.3 is 4.90 Å². The van der Waals surface area contributed by atoms with Gasteiger partial charge in [-0.05, 0) is 18.4 Å². The van der Waals surface area contributed by atoms with Crippen molar-refractivity contribution in [2.75, 3.05) is 18.0 Å². The molecule has 0 bridgehead atoms. The van der Waals surface area contributed by atoms with Crippen LogP contribution in [0.1, 0.15) is 13.3 Å². The van der Waals surface area contributed by atoms with Crippen LogP contribution >= 0.6 is 11.6 Å². The Morgan fingerprint density at radius 1 is 1.60 bits per heavy atom. The standard InChI is InChI=1S/C11H14ClFN2/c1-8-3-5-15(7-9(8)12)11-2-4-14-6-10(11)13/h2,4,6,8-9H,3,5,7H2,1H3. The number of nitrogens with zero attached hydrogens (tertiary/aromatic N) is 2. The molecule has 1 aliphatic rings. The molecule has 82 valence electrons. The summed E-state index contributed by atoms with van der Waals surface area (Å²) in [5, 5.41) is 0.103. The van der Waals surface area contributed by atoms with Gasteiger partial charge in [-0.15, -0.1) is 11.6 Å². The molecular formula is C11H14ClFN2. The van der Waals surface area contributed by atoms with Gasteiger partial charge in [0.1, 0.15) is 0 Å². The first kappa shape index (κ1) is 10.7. The van der Waals surface area contributed by atoms with Gasteiger partial charge in [-0.3, -0.25) is 4.98 Å². The summed E-state index contributed by atoms with van der Waals surface area (Å²) in [6.07, 6.45) is 3.87. The topological polar surface area (TPSA) is 16.1 Å². The fourth-order valence-electron chi connectivity index (χ4n) is 1.87. The predicted octanol–water partition coefficient (Wildman–Crippen LogP) is 2.67. The van der Waals surface area contributed by atoms with Gasteiger partial charge in [0.05, 0.1) is 17.3 Å². The van der Waals surface area contributed by atoms with Gasteiger partial charge in [0, 0.05) is 19.3 Å². The van der Waals surface area contributed by atoms with Crippen LogP contribution in [0.3, 0.4) is 0 Å². The van der Waals surface area contributed by atoms with E-state index >= 15 is 0 Å². The molecule has 0 aliphatic carbocycles. The maximum atomic E-state index is 13.5. The number of pyridine rings is 1. The summed E-state index contributed by atoms with van der Waals surface area (Å²) in [6.45, 7) is 3.72. The number of alkyl halides is 1. The molecule has 2 atom stereocenters. The summed E-state index contributed by atoms with van der Waals surface area (Å²) >= 11 is 6.18. The third-order valence-corrected chi connectivity index (χ3v) is 3.53. The lowest BCUT2D eigenvalue weighted by Crippen LogP contribution is -2.40. The lowest BCUT2D eigenvalue weighted by atomic mass is 9.98. The molecule has 0 aromatic carbocycles. The summed E-state index contributed by atoms with van der Waals surface area (Å²) in [4.78, 5) is 5.73. The Kier molecular flexibility index (Phi) is 3.10. The zero-order valence-corrected chi connectivity index (χ0v) is 9.41. The molecule has 1 aromatic rings. The van der Waals surface area contributed by atoms with E-state index in [9.17, 15) is 4.39 Å². The van der Waals surface area contributed by atoms with Crippen molar-refractivity contribution in [3.8, 4) is 0 Å². The number of hydrogen-bond acceptors (Lipinski definition) is 2. The molecule has 0 radical (unpaired) electrons. The minimum Gasteiger partial charge on any atom is -0.368 e. The minimum absolute atomic E-state index is 0.103. The van der Waals surface area contributed by atoms with Gasteiger partial charge in [0.15, 0.2) is 5.82 Å². The summed E-state index contributed by atoms with van der Waals surface area (Å²) in [5.41, 5.74) is 0.613. The summed E-state index contributed by atoms with van der Waals surface area (Å²) < 4.78 is 13.5. The van der Waals surface area contributed by atoms with Crippen molar-refractivity contribution < 1.29 is 4.39 Å². The number of halogens is 2. The van der Waals surface area contributed by atoms with E-state index in [0.717, 1.165) is 13.0 Å². The van der Waals surface area contributed by atoms with E-state index in [1.54, 1.807) is 12.3 Å². The Morgan fingerprint density at radius 3 is 3.07 bits per heavy atom. The average molecular weight is 229 g/mol. The summed E-state index contributed by atoms with van der Waals surface area (Å²) in [7, 11) is 0. The number of anilines is 1. The average Bonchev–Trinajstić information content (AvgIpc) is 2.23. The Morgan fingerprint density at radius 2 is 2.40 bits per heavy atom. The Hall–Kier alpha value is -0.830. The van der Waals surface area contributed by atoms with Crippen LogP contribution in [0.2, 0.25) is 0 Å². The van der Waals surface area contributed by atoms with Crippen molar-refractivity contribution in [2.24, 2.45) is 5.92 Å². The van der Waals surface area contributed by atoms with Crippen LogP contribution in [-0.4, -0.2) is 23.5 Å². The van der Waals surface area contributed by atoms with Gasteiger partial charge >= 0.3 is 0 Å². The van der Waals surface area contributed by atoms with E-state index in [0.29, 0.717) is 18.2 Å². The molecule has 1 aliphatic heterocycles. The molecule has 2 heterocycles. The minimum atomic E-state index is -0.268. The van der Waals surface area contributed by atoms with Gasteiger partial charge in [-0.25, -0.2) is 4.39 Å². The van der Waals surface area contributed by atoms with E-state index in [1.807, 2.05) is 4.90 Å². The molecule has 0 N–H and O–H groups in total. The van der Waals surface area contributed by atoms with Gasteiger partial charge in [0.2, 0.25) is 0 Å². The smallest absolute Gasteiger partial charge is 0.164 e. The first-order chi connectivity index (χ1) is 7.18. The molecule has 15 heavy (non-hydrogen) atoms. The zero-order chi connectivity index (χ0) is 10.8. The van der Waals surface area contributed by atoms with Crippen molar-refractivity contribution in [3.63, 3.8) is 0 Å². The molecule has 1 fully saturated rings. The number of rotatable bonds is 1. The molecule has 0 spiro atoms. The second kappa shape index (κ2) is 4.35. The van der Waals surface area contributed by atoms with Gasteiger partial charge in [-0.2, -0.15) is 0 Å². The highest BCUT2D eigenvalue weighted by molar-refractivity contribution is 6.21. The molecule has 1 saturated heterocycles. The first-order valence-corrected chi connectivity index (χ1v) is 5.60. The summed E-state index contributed by atoms with van der Waals surface area (Å²) in [6, 6.07) is 1.70. The highest BCUT2D eigenvalue weighted by atomic mass is 35.5. The van der Waals surface area contributed by atoms with Crippen molar-refractivity contribution >= 4 is 17.3 Å². The highest BCUT2D eigenvalue weighted by Crippen LogP contribution is 2.27. The molecule has 0 saturated carbocycles. The number of hydrogen-bond donors (Lipinski definition) is 0. The largest absolute Gasteiger partial charge is 0.368 e. The van der Waals surface area contributed by atoms with Crippen molar-refractivity contribution in [3.05, 3.63) is 24.3 Å². The quantitative estimate of drug-likeness (QED) is 0.687. The molecule has 2 unspecified atom stereocenters. The van der Waals surface area contributed by atoms with Crippen molar-refractivity contribution in [1.29, 1.82) is 0 Å².